The average Bonchev–Trinajstić information content (AvgIpc) is 3.28. The van der Waals surface area contributed by atoms with Crippen molar-refractivity contribution in [3.8, 4) is 0 Å². The Kier molecular flexibility index (Phi) is 7.14. The lowest BCUT2D eigenvalue weighted by molar-refractivity contribution is -0.138. The number of carbonyl (C=O) groups excluding carboxylic acids is 2. The van der Waals surface area contributed by atoms with Crippen LogP contribution in [0.4, 0.5) is 0 Å². The van der Waals surface area contributed by atoms with E-state index in [9.17, 15) is 18.0 Å². The second-order valence-electron chi connectivity index (χ2n) is 8.66. The van der Waals surface area contributed by atoms with Crippen LogP contribution in [-0.2, 0) is 37.2 Å². The first-order valence-corrected chi connectivity index (χ1v) is 12.7. The minimum Gasteiger partial charge on any atom is -0.375 e. The van der Waals surface area contributed by atoms with Crippen LogP contribution in [0.3, 0.4) is 0 Å². The first-order valence-electron chi connectivity index (χ1n) is 11.3. The number of ether oxygens (including phenoxy) is 1. The molecule has 0 saturated carbocycles. The van der Waals surface area contributed by atoms with Crippen molar-refractivity contribution in [2.75, 3.05) is 72.6 Å². The van der Waals surface area contributed by atoms with Gasteiger partial charge in [-0.1, -0.05) is 6.07 Å². The molecule has 0 aromatic heterocycles. The van der Waals surface area contributed by atoms with Gasteiger partial charge in [-0.3, -0.25) is 14.5 Å². The normalized spacial score (nSPS) is 20.4. The summed E-state index contributed by atoms with van der Waals surface area (Å²) in [6.07, 6.45) is 3.04. The molecule has 2 saturated heterocycles. The molecule has 176 valence electrons. The summed E-state index contributed by atoms with van der Waals surface area (Å²) in [5, 5.41) is 0. The quantitative estimate of drug-likeness (QED) is 0.579. The van der Waals surface area contributed by atoms with Crippen molar-refractivity contribution in [2.45, 2.75) is 24.2 Å². The predicted octanol–water partition coefficient (Wildman–Crippen LogP) is -0.201. The van der Waals surface area contributed by atoms with Gasteiger partial charge in [0.25, 0.3) is 0 Å². The first-order chi connectivity index (χ1) is 15.4. The SMILES string of the molecule is COCC(=O)N1CCN(CC(=O)N2CCN(S(=O)(=O)c3ccc4c(c3)CCC4)CC2)CC1. The molecule has 1 aromatic carbocycles. The Hall–Kier alpha value is -2.01. The van der Waals surface area contributed by atoms with Gasteiger partial charge in [0.05, 0.1) is 11.4 Å². The summed E-state index contributed by atoms with van der Waals surface area (Å²) in [5.74, 6) is -0.0181. The molecule has 10 heteroatoms. The number of amides is 2. The monoisotopic (exact) mass is 464 g/mol. The number of carbonyl (C=O) groups is 2. The van der Waals surface area contributed by atoms with Crippen LogP contribution in [0.5, 0.6) is 0 Å². The summed E-state index contributed by atoms with van der Waals surface area (Å²) in [6, 6.07) is 5.48. The molecule has 32 heavy (non-hydrogen) atoms. The van der Waals surface area contributed by atoms with E-state index in [1.807, 2.05) is 17.0 Å². The lowest BCUT2D eigenvalue weighted by Crippen LogP contribution is -2.55. The summed E-state index contributed by atoms with van der Waals surface area (Å²) in [5.41, 5.74) is 2.40. The Morgan fingerprint density at radius 2 is 1.50 bits per heavy atom. The Balaban J connectivity index is 1.26. The number of benzene rings is 1. The molecule has 2 heterocycles. The number of hydrogen-bond acceptors (Lipinski definition) is 6. The number of fused-ring (bicyclic) bond motifs is 1. The van der Waals surface area contributed by atoms with E-state index in [-0.39, 0.29) is 18.4 Å². The number of methoxy groups -OCH3 is 1. The minimum atomic E-state index is -3.54. The predicted molar refractivity (Wildman–Crippen MR) is 119 cm³/mol. The van der Waals surface area contributed by atoms with Gasteiger partial charge in [0.2, 0.25) is 21.8 Å². The van der Waals surface area contributed by atoms with Crippen LogP contribution in [0, 0.1) is 0 Å². The van der Waals surface area contributed by atoms with Crippen LogP contribution < -0.4 is 0 Å². The zero-order valence-electron chi connectivity index (χ0n) is 18.7. The van der Waals surface area contributed by atoms with Crippen LogP contribution >= 0.6 is 0 Å². The number of nitrogens with zero attached hydrogens (tertiary/aromatic N) is 4. The van der Waals surface area contributed by atoms with E-state index < -0.39 is 10.0 Å². The van der Waals surface area contributed by atoms with E-state index >= 15 is 0 Å². The largest absolute Gasteiger partial charge is 0.375 e. The van der Waals surface area contributed by atoms with E-state index in [2.05, 4.69) is 0 Å². The molecule has 0 spiro atoms. The van der Waals surface area contributed by atoms with Crippen LogP contribution in [0.15, 0.2) is 23.1 Å². The molecule has 2 amide bonds. The van der Waals surface area contributed by atoms with Gasteiger partial charge in [-0.05, 0) is 42.5 Å². The summed E-state index contributed by atoms with van der Waals surface area (Å²) in [4.78, 5) is 30.6. The second kappa shape index (κ2) is 9.86. The third-order valence-corrected chi connectivity index (χ3v) is 8.55. The number of aryl methyl sites for hydroxylation is 2. The fraction of sp³-hybridized carbons (Fsp3) is 0.636. The standard InChI is InChI=1S/C22H32N4O5S/c1-31-17-22(28)25-9-7-23(8-10-25)16-21(27)24-11-13-26(14-12-24)32(29,30)20-6-5-18-3-2-4-19(18)15-20/h5-6,15H,2-4,7-14,16-17H2,1H3. The molecule has 0 radical (unpaired) electrons. The van der Waals surface area contributed by atoms with Crippen LogP contribution in [0.2, 0.25) is 0 Å². The molecule has 3 aliphatic rings. The summed E-state index contributed by atoms with van der Waals surface area (Å²) < 4.78 is 32.6. The third kappa shape index (κ3) is 4.98. The van der Waals surface area contributed by atoms with Crippen molar-refractivity contribution in [1.82, 2.24) is 19.0 Å². The molecular weight excluding hydrogens is 432 g/mol. The third-order valence-electron chi connectivity index (χ3n) is 6.65. The van der Waals surface area contributed by atoms with Gasteiger partial charge in [0.1, 0.15) is 6.61 Å². The highest BCUT2D eigenvalue weighted by molar-refractivity contribution is 7.89. The van der Waals surface area contributed by atoms with E-state index in [1.54, 1.807) is 15.9 Å². The number of sulfonamides is 1. The van der Waals surface area contributed by atoms with Gasteiger partial charge in [-0.15, -0.1) is 0 Å². The van der Waals surface area contributed by atoms with Crippen molar-refractivity contribution in [3.63, 3.8) is 0 Å². The smallest absolute Gasteiger partial charge is 0.248 e. The van der Waals surface area contributed by atoms with Crippen molar-refractivity contribution in [2.24, 2.45) is 0 Å². The Labute approximate surface area is 189 Å². The Morgan fingerprint density at radius 3 is 2.19 bits per heavy atom. The number of rotatable bonds is 6. The highest BCUT2D eigenvalue weighted by atomic mass is 32.2. The molecule has 1 aliphatic carbocycles. The molecule has 0 N–H and O–H groups in total. The van der Waals surface area contributed by atoms with Crippen molar-refractivity contribution in [1.29, 1.82) is 0 Å². The van der Waals surface area contributed by atoms with Crippen molar-refractivity contribution in [3.05, 3.63) is 29.3 Å². The minimum absolute atomic E-state index is 0.0104. The summed E-state index contributed by atoms with van der Waals surface area (Å²) in [7, 11) is -2.04. The molecule has 0 bridgehead atoms. The van der Waals surface area contributed by atoms with Crippen LogP contribution in [0.25, 0.3) is 0 Å². The fourth-order valence-electron chi connectivity index (χ4n) is 4.70. The molecule has 1 aromatic rings. The molecule has 0 atom stereocenters. The molecule has 0 unspecified atom stereocenters. The zero-order valence-corrected chi connectivity index (χ0v) is 19.5. The fourth-order valence-corrected chi connectivity index (χ4v) is 6.17. The van der Waals surface area contributed by atoms with Gasteiger partial charge >= 0.3 is 0 Å². The molecule has 9 nitrogen and oxygen atoms in total. The van der Waals surface area contributed by atoms with Gasteiger partial charge in [0.15, 0.2) is 0 Å². The maximum atomic E-state index is 13.1. The van der Waals surface area contributed by atoms with E-state index in [0.717, 1.165) is 24.8 Å². The van der Waals surface area contributed by atoms with Crippen molar-refractivity contribution >= 4 is 21.8 Å². The van der Waals surface area contributed by atoms with Gasteiger partial charge in [-0.25, -0.2) is 8.42 Å². The lowest BCUT2D eigenvalue weighted by atomic mass is 10.1. The van der Waals surface area contributed by atoms with Gasteiger partial charge < -0.3 is 14.5 Å². The maximum Gasteiger partial charge on any atom is 0.248 e. The highest BCUT2D eigenvalue weighted by Crippen LogP contribution is 2.26. The van der Waals surface area contributed by atoms with Crippen molar-refractivity contribution < 1.29 is 22.7 Å². The van der Waals surface area contributed by atoms with E-state index in [0.29, 0.717) is 63.8 Å². The number of piperazine rings is 2. The van der Waals surface area contributed by atoms with E-state index in [4.69, 9.17) is 4.74 Å². The van der Waals surface area contributed by atoms with E-state index in [1.165, 1.54) is 17.0 Å². The molecule has 4 rings (SSSR count). The zero-order chi connectivity index (χ0) is 22.7. The first kappa shape index (κ1) is 23.2. The maximum absolute atomic E-state index is 13.1. The van der Waals surface area contributed by atoms with Crippen LogP contribution in [-0.4, -0.2) is 112 Å². The molecule has 2 aliphatic heterocycles. The molecule has 2 fully saturated rings. The summed E-state index contributed by atoms with van der Waals surface area (Å²) >= 11 is 0. The Bertz CT molecular complexity index is 951. The number of hydrogen-bond donors (Lipinski definition) is 0. The topological polar surface area (TPSA) is 90.5 Å². The highest BCUT2D eigenvalue weighted by Gasteiger charge is 2.32. The van der Waals surface area contributed by atoms with Gasteiger partial charge in [0, 0.05) is 59.5 Å². The second-order valence-corrected chi connectivity index (χ2v) is 10.6. The Morgan fingerprint density at radius 1 is 0.875 bits per heavy atom. The lowest BCUT2D eigenvalue weighted by Gasteiger charge is -2.37. The molecular formula is C22H32N4O5S. The average molecular weight is 465 g/mol. The van der Waals surface area contributed by atoms with Gasteiger partial charge in [-0.2, -0.15) is 4.31 Å². The van der Waals surface area contributed by atoms with Crippen LogP contribution in [0.1, 0.15) is 17.5 Å². The summed E-state index contributed by atoms with van der Waals surface area (Å²) in [6.45, 7) is 4.26.